The first-order valence-corrected chi connectivity index (χ1v) is 5.14. The van der Waals surface area contributed by atoms with Crippen molar-refractivity contribution in [3.8, 4) is 0 Å². The van der Waals surface area contributed by atoms with Gasteiger partial charge >= 0.3 is 5.97 Å². The van der Waals surface area contributed by atoms with E-state index in [9.17, 15) is 9.59 Å². The van der Waals surface area contributed by atoms with Crippen LogP contribution in [-0.4, -0.2) is 17.0 Å². The Morgan fingerprint density at radius 1 is 1.38 bits per heavy atom. The van der Waals surface area contributed by atoms with Gasteiger partial charge in [0.1, 0.15) is 0 Å². The molecule has 0 saturated carbocycles. The molecule has 0 aliphatic heterocycles. The largest absolute Gasteiger partial charge is 0.481 e. The molecule has 0 fully saturated rings. The Balaban J connectivity index is 2.56. The number of anilines is 1. The number of carboxylic acid groups (broad SMARTS) is 1. The summed E-state index contributed by atoms with van der Waals surface area (Å²) in [7, 11) is 0. The van der Waals surface area contributed by atoms with E-state index in [-0.39, 0.29) is 18.7 Å². The second kappa shape index (κ2) is 5.51. The molecule has 4 nitrogen and oxygen atoms in total. The zero-order valence-electron chi connectivity index (χ0n) is 8.79. The van der Waals surface area contributed by atoms with Gasteiger partial charge in [0, 0.05) is 17.1 Å². The minimum Gasteiger partial charge on any atom is -0.481 e. The molecule has 1 aromatic rings. The maximum Gasteiger partial charge on any atom is 0.303 e. The second-order valence-corrected chi connectivity index (χ2v) is 3.81. The molecule has 1 aromatic carbocycles. The standard InChI is InChI=1S/C11H12ClNO3/c1-7-6-8(2-3-9(7)12)13-10(14)4-5-11(15)16/h2-3,6H,4-5H2,1H3,(H,13,14)(H,15,16). The van der Waals surface area contributed by atoms with Gasteiger partial charge in [-0.05, 0) is 30.7 Å². The van der Waals surface area contributed by atoms with Crippen molar-refractivity contribution in [2.45, 2.75) is 19.8 Å². The molecule has 16 heavy (non-hydrogen) atoms. The highest BCUT2D eigenvalue weighted by atomic mass is 35.5. The first-order valence-electron chi connectivity index (χ1n) is 4.77. The van der Waals surface area contributed by atoms with Gasteiger partial charge in [0.2, 0.25) is 5.91 Å². The van der Waals surface area contributed by atoms with Gasteiger partial charge in [-0.25, -0.2) is 0 Å². The molecular weight excluding hydrogens is 230 g/mol. The highest BCUT2D eigenvalue weighted by Crippen LogP contribution is 2.19. The van der Waals surface area contributed by atoms with Crippen molar-refractivity contribution in [3.05, 3.63) is 28.8 Å². The van der Waals surface area contributed by atoms with Crippen molar-refractivity contribution in [2.75, 3.05) is 5.32 Å². The molecule has 0 saturated heterocycles. The summed E-state index contributed by atoms with van der Waals surface area (Å²) in [5, 5.41) is 11.6. The summed E-state index contributed by atoms with van der Waals surface area (Å²) in [6.45, 7) is 1.83. The SMILES string of the molecule is Cc1cc(NC(=O)CCC(=O)O)ccc1Cl. The molecule has 2 N–H and O–H groups in total. The van der Waals surface area contributed by atoms with Gasteiger partial charge in [-0.1, -0.05) is 11.6 Å². The molecule has 5 heteroatoms. The number of carboxylic acids is 1. The summed E-state index contributed by atoms with van der Waals surface area (Å²) in [5.41, 5.74) is 1.48. The van der Waals surface area contributed by atoms with Crippen LogP contribution in [0.2, 0.25) is 5.02 Å². The van der Waals surface area contributed by atoms with Crippen LogP contribution in [0.4, 0.5) is 5.69 Å². The Morgan fingerprint density at radius 3 is 2.62 bits per heavy atom. The van der Waals surface area contributed by atoms with Crippen molar-refractivity contribution in [1.82, 2.24) is 0 Å². The Kier molecular flexibility index (Phi) is 4.31. The molecule has 0 radical (unpaired) electrons. The number of rotatable bonds is 4. The zero-order valence-corrected chi connectivity index (χ0v) is 9.54. The maximum absolute atomic E-state index is 11.3. The Hall–Kier alpha value is -1.55. The van der Waals surface area contributed by atoms with Gasteiger partial charge in [-0.15, -0.1) is 0 Å². The van der Waals surface area contributed by atoms with E-state index in [1.165, 1.54) is 0 Å². The lowest BCUT2D eigenvalue weighted by Gasteiger charge is -2.06. The molecule has 86 valence electrons. The summed E-state index contributed by atoms with van der Waals surface area (Å²) in [5.74, 6) is -1.30. The number of hydrogen-bond donors (Lipinski definition) is 2. The quantitative estimate of drug-likeness (QED) is 0.851. The van der Waals surface area contributed by atoms with E-state index in [2.05, 4.69) is 5.32 Å². The lowest BCUT2D eigenvalue weighted by Crippen LogP contribution is -2.13. The lowest BCUT2D eigenvalue weighted by atomic mass is 10.2. The highest BCUT2D eigenvalue weighted by molar-refractivity contribution is 6.31. The van der Waals surface area contributed by atoms with E-state index in [1.54, 1.807) is 18.2 Å². The van der Waals surface area contributed by atoms with Crippen molar-refractivity contribution in [3.63, 3.8) is 0 Å². The number of nitrogens with one attached hydrogen (secondary N) is 1. The average molecular weight is 242 g/mol. The smallest absolute Gasteiger partial charge is 0.303 e. The van der Waals surface area contributed by atoms with E-state index >= 15 is 0 Å². The van der Waals surface area contributed by atoms with Crippen LogP contribution in [0.3, 0.4) is 0 Å². The van der Waals surface area contributed by atoms with Crippen LogP contribution in [0, 0.1) is 6.92 Å². The second-order valence-electron chi connectivity index (χ2n) is 3.41. The van der Waals surface area contributed by atoms with Crippen LogP contribution in [0.25, 0.3) is 0 Å². The lowest BCUT2D eigenvalue weighted by molar-refractivity contribution is -0.138. The predicted octanol–water partition coefficient (Wildman–Crippen LogP) is 2.45. The molecular formula is C11H12ClNO3. The van der Waals surface area contributed by atoms with Crippen LogP contribution < -0.4 is 5.32 Å². The normalized spacial score (nSPS) is 9.88. The summed E-state index contributed by atoms with van der Waals surface area (Å²) in [6.07, 6.45) is -0.199. The topological polar surface area (TPSA) is 66.4 Å². The van der Waals surface area contributed by atoms with Crippen LogP contribution in [0.5, 0.6) is 0 Å². The minimum absolute atomic E-state index is 0.0307. The average Bonchev–Trinajstić information content (AvgIpc) is 2.21. The Morgan fingerprint density at radius 2 is 2.06 bits per heavy atom. The number of halogens is 1. The van der Waals surface area contributed by atoms with Crippen molar-refractivity contribution in [2.24, 2.45) is 0 Å². The first-order chi connectivity index (χ1) is 7.49. The Bertz CT molecular complexity index is 418. The number of carbonyl (C=O) groups is 2. The summed E-state index contributed by atoms with van der Waals surface area (Å²) in [4.78, 5) is 21.6. The van der Waals surface area contributed by atoms with E-state index in [0.29, 0.717) is 10.7 Å². The van der Waals surface area contributed by atoms with Crippen LogP contribution in [-0.2, 0) is 9.59 Å². The Labute approximate surface area is 98.2 Å². The molecule has 1 amide bonds. The van der Waals surface area contributed by atoms with Gasteiger partial charge in [-0.3, -0.25) is 9.59 Å². The monoisotopic (exact) mass is 241 g/mol. The van der Waals surface area contributed by atoms with Crippen molar-refractivity contribution >= 4 is 29.2 Å². The molecule has 0 heterocycles. The molecule has 0 aliphatic rings. The number of aliphatic carboxylic acids is 1. The number of hydrogen-bond acceptors (Lipinski definition) is 2. The molecule has 0 unspecified atom stereocenters. The maximum atomic E-state index is 11.3. The van der Waals surface area contributed by atoms with E-state index in [4.69, 9.17) is 16.7 Å². The third kappa shape index (κ3) is 3.90. The van der Waals surface area contributed by atoms with Gasteiger partial charge in [0.05, 0.1) is 6.42 Å². The summed E-state index contributed by atoms with van der Waals surface area (Å²) >= 11 is 5.83. The minimum atomic E-state index is -0.984. The number of amides is 1. The van der Waals surface area contributed by atoms with Crippen molar-refractivity contribution < 1.29 is 14.7 Å². The van der Waals surface area contributed by atoms with Gasteiger partial charge in [0.15, 0.2) is 0 Å². The summed E-state index contributed by atoms with van der Waals surface area (Å²) < 4.78 is 0. The van der Waals surface area contributed by atoms with Gasteiger partial charge in [-0.2, -0.15) is 0 Å². The molecule has 0 bridgehead atoms. The summed E-state index contributed by atoms with van der Waals surface area (Å²) in [6, 6.07) is 5.10. The number of carbonyl (C=O) groups excluding carboxylic acids is 1. The molecule has 0 aliphatic carbocycles. The van der Waals surface area contributed by atoms with Crippen LogP contribution >= 0.6 is 11.6 Å². The van der Waals surface area contributed by atoms with E-state index < -0.39 is 5.97 Å². The van der Waals surface area contributed by atoms with Crippen LogP contribution in [0.15, 0.2) is 18.2 Å². The molecule has 0 aromatic heterocycles. The fourth-order valence-electron chi connectivity index (χ4n) is 1.17. The highest BCUT2D eigenvalue weighted by Gasteiger charge is 2.06. The molecule has 0 atom stereocenters. The number of benzene rings is 1. The van der Waals surface area contributed by atoms with Crippen molar-refractivity contribution in [1.29, 1.82) is 0 Å². The van der Waals surface area contributed by atoms with Gasteiger partial charge in [0.25, 0.3) is 0 Å². The number of aryl methyl sites for hydroxylation is 1. The fraction of sp³-hybridized carbons (Fsp3) is 0.273. The zero-order chi connectivity index (χ0) is 12.1. The van der Waals surface area contributed by atoms with Crippen LogP contribution in [0.1, 0.15) is 18.4 Å². The first kappa shape index (κ1) is 12.5. The third-order valence-electron chi connectivity index (χ3n) is 2.01. The van der Waals surface area contributed by atoms with E-state index in [0.717, 1.165) is 5.56 Å². The molecule has 1 rings (SSSR count). The van der Waals surface area contributed by atoms with Gasteiger partial charge < -0.3 is 10.4 Å². The fourth-order valence-corrected chi connectivity index (χ4v) is 1.28. The molecule has 0 spiro atoms. The third-order valence-corrected chi connectivity index (χ3v) is 2.43. The van der Waals surface area contributed by atoms with E-state index in [1.807, 2.05) is 6.92 Å². The predicted molar refractivity (Wildman–Crippen MR) is 61.7 cm³/mol.